The molecule has 0 aromatic carbocycles. The fourth-order valence-electron chi connectivity index (χ4n) is 0.596. The second-order valence-electron chi connectivity index (χ2n) is 1.84. The smallest absolute Gasteiger partial charge is 0.253 e. The van der Waals surface area contributed by atoms with Gasteiger partial charge in [0.2, 0.25) is 11.9 Å². The summed E-state index contributed by atoms with van der Waals surface area (Å²) in [6, 6.07) is 1.81. The van der Waals surface area contributed by atoms with Crippen LogP contribution >= 0.6 is 0 Å². The average molecular weight is 158 g/mol. The first-order chi connectivity index (χ1) is 5.11. The minimum Gasteiger partial charge on any atom is -0.365 e. The van der Waals surface area contributed by atoms with Crippen molar-refractivity contribution in [2.45, 2.75) is 0 Å². The molecule has 3 nitrogen and oxygen atoms in total. The molecular formula is C6H4F2N2O. The molecule has 0 atom stereocenters. The Morgan fingerprint density at radius 1 is 1.45 bits per heavy atom. The minimum absolute atomic E-state index is 0.411. The first kappa shape index (κ1) is 7.59. The fraction of sp³-hybridized carbons (Fsp3) is 0. The highest BCUT2D eigenvalue weighted by molar-refractivity contribution is 5.92. The van der Waals surface area contributed by atoms with Gasteiger partial charge in [-0.3, -0.25) is 4.79 Å². The van der Waals surface area contributed by atoms with E-state index in [1.807, 2.05) is 0 Å². The van der Waals surface area contributed by atoms with E-state index in [0.29, 0.717) is 0 Å². The van der Waals surface area contributed by atoms with Gasteiger partial charge in [-0.1, -0.05) is 0 Å². The van der Waals surface area contributed by atoms with Gasteiger partial charge in [0, 0.05) is 0 Å². The summed E-state index contributed by atoms with van der Waals surface area (Å²) in [6.45, 7) is 0. The summed E-state index contributed by atoms with van der Waals surface area (Å²) in [5.74, 6) is -3.12. The van der Waals surface area contributed by atoms with E-state index in [1.54, 1.807) is 0 Å². The molecule has 58 valence electrons. The second-order valence-corrected chi connectivity index (χ2v) is 1.84. The number of nitrogens with two attached hydrogens (primary N) is 1. The molecule has 1 rings (SSSR count). The predicted octanol–water partition coefficient (Wildman–Crippen LogP) is 0.459. The number of hydrogen-bond donors (Lipinski definition) is 1. The van der Waals surface area contributed by atoms with E-state index < -0.39 is 23.4 Å². The summed E-state index contributed by atoms with van der Waals surface area (Å²) in [4.78, 5) is 13.1. The summed E-state index contributed by atoms with van der Waals surface area (Å²) >= 11 is 0. The molecule has 0 saturated heterocycles. The van der Waals surface area contributed by atoms with Crippen LogP contribution in [0.1, 0.15) is 10.4 Å². The molecule has 0 saturated carbocycles. The number of aromatic nitrogens is 1. The Hall–Kier alpha value is -1.52. The van der Waals surface area contributed by atoms with Crippen molar-refractivity contribution in [2.24, 2.45) is 5.73 Å². The van der Waals surface area contributed by atoms with Gasteiger partial charge in [-0.2, -0.15) is 13.8 Å². The number of halogens is 2. The SMILES string of the molecule is NC(=O)c1ccc(F)nc1F. The summed E-state index contributed by atoms with van der Waals surface area (Å²) in [5, 5.41) is 0. The normalized spacial score (nSPS) is 9.64. The van der Waals surface area contributed by atoms with Crippen LogP contribution in [0.4, 0.5) is 8.78 Å². The number of carbonyl (C=O) groups is 1. The van der Waals surface area contributed by atoms with Crippen LogP contribution in [-0.2, 0) is 0 Å². The van der Waals surface area contributed by atoms with Crippen molar-refractivity contribution < 1.29 is 13.6 Å². The minimum atomic E-state index is -1.18. The lowest BCUT2D eigenvalue weighted by molar-refractivity contribution is 0.0995. The lowest BCUT2D eigenvalue weighted by atomic mass is 10.3. The number of nitrogens with zero attached hydrogens (tertiary/aromatic N) is 1. The molecule has 0 radical (unpaired) electrons. The highest BCUT2D eigenvalue weighted by atomic mass is 19.1. The van der Waals surface area contributed by atoms with Gasteiger partial charge in [-0.25, -0.2) is 0 Å². The third kappa shape index (κ3) is 1.49. The molecule has 1 amide bonds. The van der Waals surface area contributed by atoms with Crippen LogP contribution in [0.2, 0.25) is 0 Å². The number of rotatable bonds is 1. The summed E-state index contributed by atoms with van der Waals surface area (Å²) in [6.07, 6.45) is 0. The zero-order valence-electron chi connectivity index (χ0n) is 5.34. The number of primary amides is 1. The van der Waals surface area contributed by atoms with Crippen LogP contribution in [0.15, 0.2) is 12.1 Å². The van der Waals surface area contributed by atoms with Crippen LogP contribution in [0.5, 0.6) is 0 Å². The van der Waals surface area contributed by atoms with Gasteiger partial charge in [0.15, 0.2) is 0 Å². The molecule has 11 heavy (non-hydrogen) atoms. The van der Waals surface area contributed by atoms with Crippen molar-refractivity contribution in [3.8, 4) is 0 Å². The van der Waals surface area contributed by atoms with E-state index >= 15 is 0 Å². The molecule has 0 aliphatic rings. The van der Waals surface area contributed by atoms with Crippen molar-refractivity contribution in [1.82, 2.24) is 4.98 Å². The Morgan fingerprint density at radius 2 is 2.09 bits per heavy atom. The van der Waals surface area contributed by atoms with Crippen molar-refractivity contribution in [3.05, 3.63) is 29.6 Å². The number of amides is 1. The Morgan fingerprint density at radius 3 is 2.55 bits per heavy atom. The molecule has 1 heterocycles. The number of hydrogen-bond acceptors (Lipinski definition) is 2. The summed E-state index contributed by atoms with van der Waals surface area (Å²) in [5.41, 5.74) is 4.31. The third-order valence-electron chi connectivity index (χ3n) is 1.08. The van der Waals surface area contributed by atoms with E-state index in [9.17, 15) is 13.6 Å². The molecule has 1 aromatic rings. The van der Waals surface area contributed by atoms with Gasteiger partial charge >= 0.3 is 0 Å². The molecule has 1 aromatic heterocycles. The molecule has 5 heteroatoms. The predicted molar refractivity (Wildman–Crippen MR) is 32.7 cm³/mol. The van der Waals surface area contributed by atoms with E-state index in [-0.39, 0.29) is 0 Å². The topological polar surface area (TPSA) is 56.0 Å². The molecule has 0 bridgehead atoms. The maximum atomic E-state index is 12.4. The first-order valence-corrected chi connectivity index (χ1v) is 2.73. The molecule has 2 N–H and O–H groups in total. The quantitative estimate of drug-likeness (QED) is 0.603. The summed E-state index contributed by atoms with van der Waals surface area (Å²) < 4.78 is 24.6. The largest absolute Gasteiger partial charge is 0.365 e. The van der Waals surface area contributed by atoms with Crippen LogP contribution in [0.3, 0.4) is 0 Å². The average Bonchev–Trinajstić information content (AvgIpc) is 1.85. The van der Waals surface area contributed by atoms with Gasteiger partial charge in [0.25, 0.3) is 5.91 Å². The van der Waals surface area contributed by atoms with Crippen molar-refractivity contribution in [3.63, 3.8) is 0 Å². The zero-order chi connectivity index (χ0) is 8.43. The van der Waals surface area contributed by atoms with E-state index in [1.165, 1.54) is 0 Å². The van der Waals surface area contributed by atoms with Crippen molar-refractivity contribution in [1.29, 1.82) is 0 Å². The fourth-order valence-corrected chi connectivity index (χ4v) is 0.596. The van der Waals surface area contributed by atoms with Gasteiger partial charge in [0.1, 0.15) is 0 Å². The van der Waals surface area contributed by atoms with Gasteiger partial charge in [0.05, 0.1) is 5.56 Å². The maximum Gasteiger partial charge on any atom is 0.253 e. The van der Waals surface area contributed by atoms with Gasteiger partial charge < -0.3 is 5.73 Å². The molecule has 0 aliphatic heterocycles. The van der Waals surface area contributed by atoms with E-state index in [0.717, 1.165) is 12.1 Å². The second kappa shape index (κ2) is 2.61. The Balaban J connectivity index is 3.20. The van der Waals surface area contributed by atoms with Crippen LogP contribution in [-0.4, -0.2) is 10.9 Å². The number of carbonyl (C=O) groups excluding carboxylic acids is 1. The van der Waals surface area contributed by atoms with Crippen LogP contribution in [0, 0.1) is 11.9 Å². The van der Waals surface area contributed by atoms with E-state index in [2.05, 4.69) is 4.98 Å². The highest BCUT2D eigenvalue weighted by Crippen LogP contribution is 2.03. The highest BCUT2D eigenvalue weighted by Gasteiger charge is 2.09. The maximum absolute atomic E-state index is 12.4. The zero-order valence-corrected chi connectivity index (χ0v) is 5.34. The van der Waals surface area contributed by atoms with Gasteiger partial charge in [-0.15, -0.1) is 0 Å². The van der Waals surface area contributed by atoms with Crippen LogP contribution < -0.4 is 5.73 Å². The summed E-state index contributed by atoms with van der Waals surface area (Å²) in [7, 11) is 0. The first-order valence-electron chi connectivity index (χ1n) is 2.73. The lowest BCUT2D eigenvalue weighted by Gasteiger charge is -1.94. The van der Waals surface area contributed by atoms with E-state index in [4.69, 9.17) is 5.73 Å². The standard InChI is InChI=1S/C6H4F2N2O/c7-4-2-1-3(6(9)11)5(8)10-4/h1-2H,(H2,9,11). The monoisotopic (exact) mass is 158 g/mol. The molecule has 0 unspecified atom stereocenters. The van der Waals surface area contributed by atoms with Crippen LogP contribution in [0.25, 0.3) is 0 Å². The molecule has 0 fully saturated rings. The third-order valence-corrected chi connectivity index (χ3v) is 1.08. The Labute approximate surface area is 60.8 Å². The number of pyridine rings is 1. The Kier molecular flexibility index (Phi) is 1.80. The van der Waals surface area contributed by atoms with Crippen molar-refractivity contribution in [2.75, 3.05) is 0 Å². The lowest BCUT2D eigenvalue weighted by Crippen LogP contribution is -2.14. The Bertz CT molecular complexity index is 301. The molecule has 0 spiro atoms. The molecular weight excluding hydrogens is 154 g/mol. The molecule has 0 aliphatic carbocycles. The van der Waals surface area contributed by atoms with Crippen molar-refractivity contribution >= 4 is 5.91 Å². The van der Waals surface area contributed by atoms with Gasteiger partial charge in [-0.05, 0) is 12.1 Å².